The van der Waals surface area contributed by atoms with Crippen LogP contribution in [0.4, 0.5) is 23.4 Å². The lowest BCUT2D eigenvalue weighted by Crippen LogP contribution is -2.78. The molecule has 0 atom stereocenters. The Morgan fingerprint density at radius 2 is 1.77 bits per heavy atom. The first-order valence-electron chi connectivity index (χ1n) is 13.4. The summed E-state index contributed by atoms with van der Waals surface area (Å²) < 4.78 is 56.5. The molecule has 4 heterocycles. The predicted molar refractivity (Wildman–Crippen MR) is 136 cm³/mol. The van der Waals surface area contributed by atoms with Gasteiger partial charge in [-0.25, -0.2) is 9.37 Å². The number of fused-ring (bicyclic) bond motifs is 3. The predicted octanol–water partition coefficient (Wildman–Crippen LogP) is 5.95. The van der Waals surface area contributed by atoms with Crippen molar-refractivity contribution in [3.8, 4) is 5.69 Å². The van der Waals surface area contributed by atoms with Crippen molar-refractivity contribution < 1.29 is 17.6 Å². The third kappa shape index (κ3) is 3.27. The van der Waals surface area contributed by atoms with Crippen molar-refractivity contribution >= 4 is 17.4 Å². The topological polar surface area (TPSA) is 50.1 Å². The maximum absolute atomic E-state index is 13.6. The van der Waals surface area contributed by atoms with Crippen LogP contribution in [0.3, 0.4) is 0 Å². The maximum atomic E-state index is 13.6. The molecule has 204 valence electrons. The van der Waals surface area contributed by atoms with E-state index in [1.54, 1.807) is 13.0 Å². The number of alkyl halides is 3. The van der Waals surface area contributed by atoms with Crippen LogP contribution in [0.2, 0.25) is 5.02 Å². The van der Waals surface area contributed by atoms with E-state index < -0.39 is 17.1 Å². The van der Waals surface area contributed by atoms with Gasteiger partial charge in [-0.1, -0.05) is 11.6 Å². The number of benzene rings is 1. The summed E-state index contributed by atoms with van der Waals surface area (Å²) in [6.07, 6.45) is -0.427. The van der Waals surface area contributed by atoms with E-state index in [1.165, 1.54) is 6.20 Å². The average Bonchev–Trinajstić information content (AvgIpc) is 3.07. The molecule has 5 fully saturated rings. The van der Waals surface area contributed by atoms with Gasteiger partial charge in [0.2, 0.25) is 0 Å². The van der Waals surface area contributed by atoms with E-state index in [4.69, 9.17) is 11.6 Å². The van der Waals surface area contributed by atoms with Crippen molar-refractivity contribution in [1.29, 1.82) is 0 Å². The number of pyridine rings is 1. The highest BCUT2D eigenvalue weighted by molar-refractivity contribution is 6.30. The molecule has 6 aliphatic rings. The van der Waals surface area contributed by atoms with Crippen LogP contribution in [0.25, 0.3) is 5.69 Å². The van der Waals surface area contributed by atoms with Gasteiger partial charge in [-0.2, -0.15) is 13.2 Å². The van der Waals surface area contributed by atoms with Crippen LogP contribution in [0, 0.1) is 23.6 Å². The van der Waals surface area contributed by atoms with Gasteiger partial charge >= 0.3 is 6.18 Å². The minimum Gasteiger partial charge on any atom is -0.355 e. The number of halogens is 5. The Bertz CT molecular complexity index is 1500. The maximum Gasteiger partial charge on any atom is 0.394 e. The monoisotopic (exact) mass is 558 g/mol. The zero-order valence-corrected chi connectivity index (χ0v) is 22.2. The van der Waals surface area contributed by atoms with E-state index in [9.17, 15) is 17.6 Å². The number of aromatic nitrogens is 4. The molecule has 2 aromatic heterocycles. The molecule has 1 spiro atoms. The number of aryl methyl sites for hydroxylation is 1. The van der Waals surface area contributed by atoms with Gasteiger partial charge in [-0.3, -0.25) is 9.47 Å². The first kappa shape index (κ1) is 24.1. The summed E-state index contributed by atoms with van der Waals surface area (Å²) in [5, 5.41) is 9.82. The van der Waals surface area contributed by atoms with Crippen molar-refractivity contribution in [2.75, 3.05) is 18.0 Å². The van der Waals surface area contributed by atoms with E-state index in [0.717, 1.165) is 54.6 Å². The Kier molecular flexibility index (Phi) is 4.64. The Balaban J connectivity index is 1.04. The molecule has 4 aliphatic carbocycles. The lowest BCUT2D eigenvalue weighted by Gasteiger charge is -2.73. The SMILES string of the molecule is Cc1cc(N2CC3(CC(c4nnc5n4-c4ccc(Cl)cc4CN(C46CC(C(F)(F)F)(C4)C6)C5)C3)C2)ncc1F. The van der Waals surface area contributed by atoms with E-state index in [2.05, 4.69) is 29.5 Å². The zero-order chi connectivity index (χ0) is 26.9. The number of rotatable bonds is 3. The molecule has 1 aromatic carbocycles. The molecule has 1 saturated heterocycles. The van der Waals surface area contributed by atoms with Gasteiger partial charge in [0, 0.05) is 41.5 Å². The highest BCUT2D eigenvalue weighted by Gasteiger charge is 2.80. The molecule has 0 unspecified atom stereocenters. The molecule has 3 aromatic rings. The summed E-state index contributed by atoms with van der Waals surface area (Å²) in [4.78, 5) is 8.63. The number of hydrogen-bond acceptors (Lipinski definition) is 5. The minimum atomic E-state index is -4.14. The number of hydrogen-bond donors (Lipinski definition) is 0. The van der Waals surface area contributed by atoms with Crippen LogP contribution in [0.1, 0.15) is 60.8 Å². The molecule has 11 heteroatoms. The average molecular weight is 559 g/mol. The molecule has 0 N–H and O–H groups in total. The van der Waals surface area contributed by atoms with Gasteiger partial charge in [0.15, 0.2) is 5.82 Å². The summed E-state index contributed by atoms with van der Waals surface area (Å²) in [5.41, 5.74) is 0.816. The quantitative estimate of drug-likeness (QED) is 0.372. The standard InChI is InChI=1S/C28H27ClF4N6/c1-16-4-22(34-8-20(16)30)37-14-25(15-37)6-18(7-25)24-36-35-23-10-38(27-11-26(12-27,13-27)28(31,32)33)9-17-5-19(29)2-3-21(17)39(23)24/h2-5,8,18H,6-7,9-15H2,1H3. The molecule has 9 rings (SSSR count). The molecule has 4 saturated carbocycles. The van der Waals surface area contributed by atoms with Crippen molar-refractivity contribution in [3.63, 3.8) is 0 Å². The molecule has 0 amide bonds. The third-order valence-corrected chi connectivity index (χ3v) is 10.4. The summed E-state index contributed by atoms with van der Waals surface area (Å²) >= 11 is 6.38. The van der Waals surface area contributed by atoms with Crippen LogP contribution < -0.4 is 4.90 Å². The second kappa shape index (κ2) is 7.51. The molecule has 6 nitrogen and oxygen atoms in total. The van der Waals surface area contributed by atoms with E-state index in [1.807, 2.05) is 18.2 Å². The van der Waals surface area contributed by atoms with Crippen LogP contribution in [0.5, 0.6) is 0 Å². The Morgan fingerprint density at radius 1 is 1.03 bits per heavy atom. The largest absolute Gasteiger partial charge is 0.394 e. The van der Waals surface area contributed by atoms with Crippen molar-refractivity contribution in [3.05, 3.63) is 64.1 Å². The van der Waals surface area contributed by atoms with Crippen molar-refractivity contribution in [2.45, 2.75) is 69.8 Å². The molecule has 0 radical (unpaired) electrons. The smallest absolute Gasteiger partial charge is 0.355 e. The lowest BCUT2D eigenvalue weighted by molar-refractivity contribution is -0.364. The summed E-state index contributed by atoms with van der Waals surface area (Å²) in [6, 6.07) is 7.57. The highest BCUT2D eigenvalue weighted by Crippen LogP contribution is 2.75. The fourth-order valence-electron chi connectivity index (χ4n) is 8.05. The lowest BCUT2D eigenvalue weighted by atomic mass is 9.38. The van der Waals surface area contributed by atoms with Gasteiger partial charge in [-0.05, 0) is 74.4 Å². The molecule has 2 bridgehead atoms. The fraction of sp³-hybridized carbons (Fsp3) is 0.536. The molecule has 2 aliphatic heterocycles. The Hall–Kier alpha value is -2.72. The highest BCUT2D eigenvalue weighted by atomic mass is 35.5. The second-order valence-electron chi connectivity index (χ2n) is 12.7. The van der Waals surface area contributed by atoms with E-state index in [-0.39, 0.29) is 36.4 Å². The van der Waals surface area contributed by atoms with E-state index in [0.29, 0.717) is 23.7 Å². The molecular formula is C28H27ClF4N6. The third-order valence-electron chi connectivity index (χ3n) is 10.1. The fourth-order valence-corrected chi connectivity index (χ4v) is 8.24. The van der Waals surface area contributed by atoms with Crippen molar-refractivity contribution in [2.24, 2.45) is 10.8 Å². The molecule has 39 heavy (non-hydrogen) atoms. The van der Waals surface area contributed by atoms with Gasteiger partial charge in [-0.15, -0.1) is 10.2 Å². The Morgan fingerprint density at radius 3 is 2.46 bits per heavy atom. The van der Waals surface area contributed by atoms with Gasteiger partial charge in [0.25, 0.3) is 0 Å². The van der Waals surface area contributed by atoms with Gasteiger partial charge < -0.3 is 4.90 Å². The summed E-state index contributed by atoms with van der Waals surface area (Å²) in [7, 11) is 0. The van der Waals surface area contributed by atoms with Gasteiger partial charge in [0.05, 0.1) is 23.8 Å². The van der Waals surface area contributed by atoms with Crippen LogP contribution >= 0.6 is 11.6 Å². The van der Waals surface area contributed by atoms with Crippen LogP contribution in [0.15, 0.2) is 30.5 Å². The van der Waals surface area contributed by atoms with E-state index >= 15 is 0 Å². The van der Waals surface area contributed by atoms with Gasteiger partial charge in [0.1, 0.15) is 17.5 Å². The van der Waals surface area contributed by atoms with Crippen LogP contribution in [-0.2, 0) is 13.1 Å². The Labute approximate surface area is 228 Å². The second-order valence-corrected chi connectivity index (χ2v) is 13.2. The summed E-state index contributed by atoms with van der Waals surface area (Å²) in [6.45, 7) is 4.52. The summed E-state index contributed by atoms with van der Waals surface area (Å²) in [5.74, 6) is 2.46. The number of nitrogens with zero attached hydrogens (tertiary/aromatic N) is 6. The first-order valence-corrected chi connectivity index (χ1v) is 13.8. The van der Waals surface area contributed by atoms with Crippen LogP contribution in [-0.4, -0.2) is 49.5 Å². The first-order chi connectivity index (χ1) is 18.5. The zero-order valence-electron chi connectivity index (χ0n) is 21.4. The number of anilines is 1. The molecular weight excluding hydrogens is 532 g/mol. The normalized spacial score (nSPS) is 29.0. The minimum absolute atomic E-state index is 0.157. The van der Waals surface area contributed by atoms with Crippen molar-refractivity contribution in [1.82, 2.24) is 24.6 Å².